The minimum Gasteiger partial charge on any atom is -0.480 e. The lowest BCUT2D eigenvalue weighted by Crippen LogP contribution is -2.52. The highest BCUT2D eigenvalue weighted by molar-refractivity contribution is 8.77. The van der Waals surface area contributed by atoms with E-state index < -0.39 is 18.1 Å². The number of carbonyl (C=O) groups is 2. The molecule has 1 aromatic rings. The van der Waals surface area contributed by atoms with E-state index in [1.165, 1.54) is 0 Å². The highest BCUT2D eigenvalue weighted by Crippen LogP contribution is 2.35. The Hall–Kier alpha value is -0.950. The van der Waals surface area contributed by atoms with Gasteiger partial charge in [0.25, 0.3) is 0 Å². The molecule has 0 aliphatic carbocycles. The van der Waals surface area contributed by atoms with Gasteiger partial charge in [0.1, 0.15) is 6.04 Å². The number of hydrogen-bond acceptors (Lipinski definition) is 9. The molecule has 0 spiro atoms. The van der Waals surface area contributed by atoms with Crippen LogP contribution in [0.25, 0.3) is 0 Å². The zero-order chi connectivity index (χ0) is 27.3. The molecule has 11 heteroatoms. The van der Waals surface area contributed by atoms with Gasteiger partial charge in [-0.2, -0.15) is 11.8 Å². The second-order valence-corrected chi connectivity index (χ2v) is 14.3. The smallest absolute Gasteiger partial charge is 0.320 e. The predicted octanol–water partition coefficient (Wildman–Crippen LogP) is 3.54. The van der Waals surface area contributed by atoms with Crippen LogP contribution in [-0.2, 0) is 25.7 Å². The standard InChI is InChI=1S/C26H43N3O5S3/c1-26(2,3)37-36-17-20(27)24(30)29-14-19-10-11-22(33-16-18-8-6-5-7-9-18)23(34-19)15-28-21(25(31)32)12-13-35-4/h5-9,19-23,28H,10-17,27H2,1-4H3,(H,29,30)(H,31,32)/t19-,20-,21-,22-,23+/m0/s1. The molecule has 0 unspecified atom stereocenters. The molecule has 1 fully saturated rings. The maximum absolute atomic E-state index is 12.5. The van der Waals surface area contributed by atoms with Crippen LogP contribution in [0.15, 0.2) is 30.3 Å². The van der Waals surface area contributed by atoms with E-state index in [1.54, 1.807) is 33.3 Å². The Morgan fingerprint density at radius 1 is 1.22 bits per heavy atom. The first-order valence-electron chi connectivity index (χ1n) is 12.7. The first-order chi connectivity index (χ1) is 17.6. The number of carboxylic acids is 1. The summed E-state index contributed by atoms with van der Waals surface area (Å²) in [6, 6.07) is 8.71. The zero-order valence-corrected chi connectivity index (χ0v) is 24.8. The Balaban J connectivity index is 1.91. The summed E-state index contributed by atoms with van der Waals surface area (Å²) in [5.41, 5.74) is 7.15. The van der Waals surface area contributed by atoms with Gasteiger partial charge in [-0.15, -0.1) is 0 Å². The molecule has 37 heavy (non-hydrogen) atoms. The van der Waals surface area contributed by atoms with Gasteiger partial charge in [0.2, 0.25) is 5.91 Å². The van der Waals surface area contributed by atoms with Crippen molar-refractivity contribution in [2.24, 2.45) is 5.73 Å². The van der Waals surface area contributed by atoms with E-state index in [2.05, 4.69) is 31.4 Å². The summed E-state index contributed by atoms with van der Waals surface area (Å²) >= 11 is 1.62. The van der Waals surface area contributed by atoms with Crippen molar-refractivity contribution in [2.45, 2.75) is 81.8 Å². The molecule has 2 rings (SSSR count). The monoisotopic (exact) mass is 573 g/mol. The molecule has 1 aliphatic heterocycles. The van der Waals surface area contributed by atoms with Crippen LogP contribution in [0.2, 0.25) is 0 Å². The van der Waals surface area contributed by atoms with E-state index in [4.69, 9.17) is 15.2 Å². The number of benzene rings is 1. The summed E-state index contributed by atoms with van der Waals surface area (Å²) in [4.78, 5) is 24.2. The number of hydrogen-bond donors (Lipinski definition) is 4. The number of nitrogens with one attached hydrogen (secondary N) is 2. The summed E-state index contributed by atoms with van der Waals surface area (Å²) in [6.45, 7) is 7.55. The van der Waals surface area contributed by atoms with Crippen molar-refractivity contribution < 1.29 is 24.2 Å². The van der Waals surface area contributed by atoms with Gasteiger partial charge in [0, 0.05) is 23.6 Å². The molecule has 8 nitrogen and oxygen atoms in total. The lowest BCUT2D eigenvalue weighted by atomic mass is 9.99. The number of carboxylic acid groups (broad SMARTS) is 1. The molecule has 0 radical (unpaired) electrons. The van der Waals surface area contributed by atoms with Crippen LogP contribution in [0.1, 0.15) is 45.6 Å². The number of carbonyl (C=O) groups excluding carboxylic acids is 1. The molecule has 1 heterocycles. The van der Waals surface area contributed by atoms with Crippen LogP contribution in [0.3, 0.4) is 0 Å². The predicted molar refractivity (Wildman–Crippen MR) is 156 cm³/mol. The first-order valence-corrected chi connectivity index (χ1v) is 16.4. The first kappa shape index (κ1) is 32.3. The van der Waals surface area contributed by atoms with Crippen LogP contribution < -0.4 is 16.4 Å². The lowest BCUT2D eigenvalue weighted by molar-refractivity contribution is -0.147. The van der Waals surface area contributed by atoms with E-state index in [0.29, 0.717) is 31.9 Å². The molecule has 1 aromatic carbocycles. The Morgan fingerprint density at radius 2 is 1.95 bits per heavy atom. The highest BCUT2D eigenvalue weighted by Gasteiger charge is 2.33. The molecule has 5 N–H and O–H groups in total. The van der Waals surface area contributed by atoms with E-state index in [1.807, 2.05) is 36.6 Å². The number of ether oxygens (including phenoxy) is 2. The minimum absolute atomic E-state index is 0.105. The third-order valence-corrected chi connectivity index (χ3v) is 9.75. The molecule has 5 atom stereocenters. The molecule has 210 valence electrons. The molecule has 1 amide bonds. The summed E-state index contributed by atoms with van der Waals surface area (Å²) in [7, 11) is 3.32. The van der Waals surface area contributed by atoms with Gasteiger partial charge < -0.3 is 30.9 Å². The van der Waals surface area contributed by atoms with Crippen molar-refractivity contribution in [3.63, 3.8) is 0 Å². The van der Waals surface area contributed by atoms with Crippen molar-refractivity contribution in [3.8, 4) is 0 Å². The Kier molecular flexibility index (Phi) is 14.7. The van der Waals surface area contributed by atoms with Crippen LogP contribution in [-0.4, -0.2) is 83.0 Å². The van der Waals surface area contributed by atoms with Crippen molar-refractivity contribution >= 4 is 45.2 Å². The third kappa shape index (κ3) is 13.1. The second kappa shape index (κ2) is 16.9. The SMILES string of the molecule is CSCC[C@H](NC[C@H]1O[C@H](CNC(=O)[C@@H](N)CSSC(C)(C)C)CC[C@@H]1OCc1ccccc1)C(=O)O. The van der Waals surface area contributed by atoms with E-state index in [9.17, 15) is 14.7 Å². The Morgan fingerprint density at radius 3 is 2.59 bits per heavy atom. The fourth-order valence-corrected chi connectivity index (χ4v) is 6.64. The van der Waals surface area contributed by atoms with Gasteiger partial charge in [0.15, 0.2) is 0 Å². The maximum atomic E-state index is 12.5. The van der Waals surface area contributed by atoms with Gasteiger partial charge >= 0.3 is 5.97 Å². The number of amides is 1. The topological polar surface area (TPSA) is 123 Å². The van der Waals surface area contributed by atoms with Gasteiger partial charge in [0.05, 0.1) is 31.0 Å². The normalized spacial score (nSPS) is 21.8. The molecule has 0 aromatic heterocycles. The Bertz CT molecular complexity index is 812. The molecule has 0 saturated carbocycles. The number of rotatable bonds is 16. The fraction of sp³-hybridized carbons (Fsp3) is 0.692. The molecule has 1 saturated heterocycles. The average molecular weight is 574 g/mol. The zero-order valence-electron chi connectivity index (χ0n) is 22.3. The highest BCUT2D eigenvalue weighted by atomic mass is 33.1. The van der Waals surface area contributed by atoms with Crippen LogP contribution >= 0.6 is 33.3 Å². The van der Waals surface area contributed by atoms with Gasteiger partial charge in [-0.3, -0.25) is 9.59 Å². The van der Waals surface area contributed by atoms with E-state index in [-0.39, 0.29) is 29.0 Å². The van der Waals surface area contributed by atoms with Gasteiger partial charge in [-0.25, -0.2) is 0 Å². The number of thioether (sulfide) groups is 1. The van der Waals surface area contributed by atoms with E-state index >= 15 is 0 Å². The molecular weight excluding hydrogens is 531 g/mol. The second-order valence-electron chi connectivity index (χ2n) is 10.1. The summed E-state index contributed by atoms with van der Waals surface area (Å²) < 4.78 is 12.6. The van der Waals surface area contributed by atoms with Gasteiger partial charge in [-0.05, 0) is 36.8 Å². The summed E-state index contributed by atoms with van der Waals surface area (Å²) in [6.07, 6.45) is 3.28. The summed E-state index contributed by atoms with van der Waals surface area (Å²) in [5, 5.41) is 15.7. The van der Waals surface area contributed by atoms with Crippen molar-refractivity contribution in [1.82, 2.24) is 10.6 Å². The van der Waals surface area contributed by atoms with Crippen molar-refractivity contribution in [3.05, 3.63) is 35.9 Å². The third-order valence-electron chi connectivity index (χ3n) is 5.73. The average Bonchev–Trinajstić information content (AvgIpc) is 2.86. The molecular formula is C26H43N3O5S3. The Labute approximate surface area is 233 Å². The van der Waals surface area contributed by atoms with Crippen LogP contribution in [0.5, 0.6) is 0 Å². The van der Waals surface area contributed by atoms with Crippen LogP contribution in [0.4, 0.5) is 0 Å². The van der Waals surface area contributed by atoms with Crippen LogP contribution in [0, 0.1) is 0 Å². The lowest BCUT2D eigenvalue weighted by Gasteiger charge is -2.37. The van der Waals surface area contributed by atoms with Crippen molar-refractivity contribution in [2.75, 3.05) is 30.9 Å². The maximum Gasteiger partial charge on any atom is 0.320 e. The number of nitrogens with two attached hydrogens (primary N) is 1. The van der Waals surface area contributed by atoms with Gasteiger partial charge in [-0.1, -0.05) is 72.7 Å². The quantitative estimate of drug-likeness (QED) is 0.218. The summed E-state index contributed by atoms with van der Waals surface area (Å²) in [5.74, 6) is 0.233. The van der Waals surface area contributed by atoms with Crippen molar-refractivity contribution in [1.29, 1.82) is 0 Å². The fourth-order valence-electron chi connectivity index (χ4n) is 3.75. The number of aliphatic carboxylic acids is 1. The molecule has 0 bridgehead atoms. The molecule has 1 aliphatic rings. The largest absolute Gasteiger partial charge is 0.480 e. The minimum atomic E-state index is -0.869. The van der Waals surface area contributed by atoms with E-state index in [0.717, 1.165) is 24.2 Å².